The lowest BCUT2D eigenvalue weighted by Crippen LogP contribution is -2.37. The van der Waals surface area contributed by atoms with Crippen LogP contribution in [-0.4, -0.2) is 47.9 Å². The number of nitrogens with two attached hydrogens (primary N) is 2. The third-order valence-electron chi connectivity index (χ3n) is 4.12. The van der Waals surface area contributed by atoms with E-state index in [1.165, 1.54) is 24.3 Å². The summed E-state index contributed by atoms with van der Waals surface area (Å²) >= 11 is 5.81. The van der Waals surface area contributed by atoms with Gasteiger partial charge in [-0.25, -0.2) is 39.8 Å². The highest BCUT2D eigenvalue weighted by Crippen LogP contribution is 2.32. The zero-order valence-electron chi connectivity index (χ0n) is 15.1. The van der Waals surface area contributed by atoms with Gasteiger partial charge in [0.2, 0.25) is 26.0 Å². The van der Waals surface area contributed by atoms with Crippen molar-refractivity contribution in [2.24, 2.45) is 10.3 Å². The highest BCUT2D eigenvalue weighted by Gasteiger charge is 2.42. The van der Waals surface area contributed by atoms with Gasteiger partial charge in [0.05, 0.1) is 16.3 Å². The molecule has 0 fully saturated rings. The molecule has 1 aliphatic rings. The molecule has 0 aliphatic carbocycles. The molecule has 1 heterocycles. The molecule has 1 aliphatic heterocycles. The van der Waals surface area contributed by atoms with E-state index in [9.17, 15) is 34.8 Å². The smallest absolute Gasteiger partial charge is 0.269 e. The van der Waals surface area contributed by atoms with E-state index < -0.39 is 68.9 Å². The highest BCUT2D eigenvalue weighted by molar-refractivity contribution is 7.90. The molecule has 0 saturated carbocycles. The summed E-state index contributed by atoms with van der Waals surface area (Å²) in [5.74, 6) is -2.06. The van der Waals surface area contributed by atoms with E-state index in [0.717, 1.165) is 6.07 Å². The second-order valence-electron chi connectivity index (χ2n) is 6.23. The van der Waals surface area contributed by atoms with Crippen molar-refractivity contribution >= 4 is 59.2 Å². The fourth-order valence-electron chi connectivity index (χ4n) is 2.79. The van der Waals surface area contributed by atoms with E-state index in [1.807, 2.05) is 0 Å². The molecule has 16 heteroatoms. The van der Waals surface area contributed by atoms with Gasteiger partial charge < -0.3 is 5.32 Å². The number of amides is 2. The SMILES string of the molecule is NS(=O)(=O)c1cc(S(N)(=O)=O)c(NC(=O)CN2C(=O)c3ccccc3S2(=O)=O)cc1Cl. The van der Waals surface area contributed by atoms with Crippen molar-refractivity contribution in [1.29, 1.82) is 0 Å². The normalized spacial score (nSPS) is 15.6. The predicted octanol–water partition coefficient (Wildman–Crippen LogP) is -0.582. The minimum absolute atomic E-state index is 0.124. The molecule has 2 amide bonds. The molecule has 2 aromatic rings. The fraction of sp³-hybridized carbons (Fsp3) is 0.0667. The van der Waals surface area contributed by atoms with Crippen LogP contribution in [0.4, 0.5) is 5.69 Å². The number of anilines is 1. The van der Waals surface area contributed by atoms with Crippen LogP contribution in [0.2, 0.25) is 5.02 Å². The number of benzene rings is 2. The van der Waals surface area contributed by atoms with Gasteiger partial charge in [-0.2, -0.15) is 0 Å². The quantitative estimate of drug-likeness (QED) is 0.475. The number of carbonyl (C=O) groups is 2. The minimum atomic E-state index is -4.58. The molecule has 0 saturated heterocycles. The number of nitrogens with one attached hydrogen (secondary N) is 1. The van der Waals surface area contributed by atoms with Crippen molar-refractivity contribution in [3.8, 4) is 0 Å². The van der Waals surface area contributed by atoms with Gasteiger partial charge in [0, 0.05) is 0 Å². The third-order valence-corrected chi connectivity index (χ3v) is 8.23. The van der Waals surface area contributed by atoms with Crippen LogP contribution in [0.5, 0.6) is 0 Å². The van der Waals surface area contributed by atoms with E-state index >= 15 is 0 Å². The Hall–Kier alpha value is -2.56. The summed E-state index contributed by atoms with van der Waals surface area (Å²) in [6.07, 6.45) is 0. The Morgan fingerprint density at radius 1 is 1.03 bits per heavy atom. The predicted molar refractivity (Wildman–Crippen MR) is 107 cm³/mol. The largest absolute Gasteiger partial charge is 0.323 e. The molecule has 3 rings (SSSR count). The number of sulfonamides is 3. The minimum Gasteiger partial charge on any atom is -0.323 e. The molecule has 0 bridgehead atoms. The molecule has 0 radical (unpaired) electrons. The van der Waals surface area contributed by atoms with E-state index in [4.69, 9.17) is 21.9 Å². The van der Waals surface area contributed by atoms with E-state index in [1.54, 1.807) is 0 Å². The first-order valence-corrected chi connectivity index (χ1v) is 12.9. The molecule has 2 aromatic carbocycles. The molecule has 0 aromatic heterocycles. The maximum Gasteiger partial charge on any atom is 0.269 e. The zero-order valence-corrected chi connectivity index (χ0v) is 18.3. The summed E-state index contributed by atoms with van der Waals surface area (Å²) < 4.78 is 72.2. The van der Waals surface area contributed by atoms with Crippen LogP contribution in [0.3, 0.4) is 0 Å². The van der Waals surface area contributed by atoms with Crippen molar-refractivity contribution in [1.82, 2.24) is 4.31 Å². The summed E-state index contributed by atoms with van der Waals surface area (Å²) in [5, 5.41) is 11.6. The first-order chi connectivity index (χ1) is 14.1. The van der Waals surface area contributed by atoms with Crippen LogP contribution in [0.1, 0.15) is 10.4 Å². The number of fused-ring (bicyclic) bond motifs is 1. The second-order valence-corrected chi connectivity index (χ2v) is 11.5. The van der Waals surface area contributed by atoms with Crippen molar-refractivity contribution in [3.05, 3.63) is 47.0 Å². The average Bonchev–Trinajstić information content (AvgIpc) is 2.81. The Labute approximate surface area is 181 Å². The van der Waals surface area contributed by atoms with Gasteiger partial charge >= 0.3 is 0 Å². The zero-order chi connectivity index (χ0) is 23.4. The van der Waals surface area contributed by atoms with Gasteiger partial charge in [0.1, 0.15) is 21.2 Å². The van der Waals surface area contributed by atoms with Gasteiger partial charge in [-0.05, 0) is 24.3 Å². The molecular formula is C15H13ClN4O8S3. The Morgan fingerprint density at radius 3 is 2.16 bits per heavy atom. The summed E-state index contributed by atoms with van der Waals surface area (Å²) in [6, 6.07) is 6.65. The standard InChI is InChI=1S/C15H13ClN4O8S3/c16-9-5-10(13(30(18,25)26)6-12(9)29(17,23)24)19-14(21)7-20-15(22)8-3-1-2-4-11(8)31(20,27)28/h1-6H,7H2,(H,19,21)(H2,17,23,24)(H2,18,25,26). The van der Waals surface area contributed by atoms with Crippen LogP contribution in [0.15, 0.2) is 51.1 Å². The first kappa shape index (κ1) is 23.1. The molecule has 12 nitrogen and oxygen atoms in total. The number of hydrogen-bond acceptors (Lipinski definition) is 8. The van der Waals surface area contributed by atoms with Crippen LogP contribution in [0.25, 0.3) is 0 Å². The Kier molecular flexibility index (Phi) is 5.62. The molecular weight excluding hydrogens is 496 g/mol. The number of halogens is 1. The number of hydrogen-bond donors (Lipinski definition) is 3. The second kappa shape index (κ2) is 7.54. The lowest BCUT2D eigenvalue weighted by molar-refractivity contribution is -0.116. The van der Waals surface area contributed by atoms with Crippen molar-refractivity contribution < 1.29 is 34.8 Å². The molecule has 0 spiro atoms. The Bertz CT molecular complexity index is 1450. The van der Waals surface area contributed by atoms with Gasteiger partial charge in [-0.3, -0.25) is 9.59 Å². The number of nitrogens with zero attached hydrogens (tertiary/aromatic N) is 1. The topological polar surface area (TPSA) is 204 Å². The number of rotatable bonds is 5. The van der Waals surface area contributed by atoms with E-state index in [0.29, 0.717) is 10.4 Å². The van der Waals surface area contributed by atoms with Crippen molar-refractivity contribution in [3.63, 3.8) is 0 Å². The van der Waals surface area contributed by atoms with Crippen LogP contribution >= 0.6 is 11.6 Å². The maximum absolute atomic E-state index is 12.5. The van der Waals surface area contributed by atoms with Gasteiger partial charge in [-0.15, -0.1) is 0 Å². The summed E-state index contributed by atoms with van der Waals surface area (Å²) in [6.45, 7) is -0.992. The maximum atomic E-state index is 12.5. The summed E-state index contributed by atoms with van der Waals surface area (Å²) in [5.41, 5.74) is -0.660. The van der Waals surface area contributed by atoms with Crippen LogP contribution in [-0.2, 0) is 34.9 Å². The lowest BCUT2D eigenvalue weighted by Gasteiger charge is -2.16. The summed E-state index contributed by atoms with van der Waals surface area (Å²) in [4.78, 5) is 22.9. The molecule has 5 N–H and O–H groups in total. The van der Waals surface area contributed by atoms with Crippen molar-refractivity contribution in [2.45, 2.75) is 14.7 Å². The fourth-order valence-corrected chi connectivity index (χ4v) is 6.19. The number of primary sulfonamides is 2. The lowest BCUT2D eigenvalue weighted by atomic mass is 10.2. The van der Waals surface area contributed by atoms with Gasteiger partial charge in [-0.1, -0.05) is 23.7 Å². The molecule has 166 valence electrons. The number of carbonyl (C=O) groups excluding carboxylic acids is 2. The van der Waals surface area contributed by atoms with Crippen LogP contribution in [0, 0.1) is 0 Å². The Balaban J connectivity index is 1.96. The van der Waals surface area contributed by atoms with Gasteiger partial charge in [0.25, 0.3) is 15.9 Å². The molecule has 0 unspecified atom stereocenters. The van der Waals surface area contributed by atoms with E-state index in [2.05, 4.69) is 5.32 Å². The highest BCUT2D eigenvalue weighted by atomic mass is 35.5. The molecule has 0 atom stereocenters. The van der Waals surface area contributed by atoms with Gasteiger partial charge in [0.15, 0.2) is 0 Å². The van der Waals surface area contributed by atoms with Crippen LogP contribution < -0.4 is 15.6 Å². The van der Waals surface area contributed by atoms with E-state index in [-0.39, 0.29) is 10.5 Å². The molecule has 31 heavy (non-hydrogen) atoms. The van der Waals surface area contributed by atoms with Crippen molar-refractivity contribution in [2.75, 3.05) is 11.9 Å². The third kappa shape index (κ3) is 4.28. The first-order valence-electron chi connectivity index (χ1n) is 7.99. The average molecular weight is 509 g/mol. The summed E-state index contributed by atoms with van der Waals surface area (Å²) in [7, 11) is -13.3. The monoisotopic (exact) mass is 508 g/mol. The Morgan fingerprint density at radius 2 is 1.61 bits per heavy atom.